The van der Waals surface area contributed by atoms with Gasteiger partial charge in [-0.1, -0.05) is 23.8 Å². The van der Waals surface area contributed by atoms with Crippen molar-refractivity contribution in [2.45, 2.75) is 20.3 Å². The van der Waals surface area contributed by atoms with Crippen molar-refractivity contribution in [1.82, 2.24) is 14.8 Å². The van der Waals surface area contributed by atoms with E-state index in [1.807, 2.05) is 26.0 Å². The Labute approximate surface area is 138 Å². The highest BCUT2D eigenvalue weighted by Crippen LogP contribution is 2.14. The molecule has 0 aliphatic rings. The SMILES string of the molecule is Cc1ccc(Cc2cc(=O)n(-c3cc(C(=O)O)ccn3)[nH]2)c(C)c1. The fraction of sp³-hybridized carbons (Fsp3) is 0.167. The lowest BCUT2D eigenvalue weighted by atomic mass is 10.0. The molecule has 0 atom stereocenters. The Balaban J connectivity index is 1.94. The van der Waals surface area contributed by atoms with Gasteiger partial charge in [0.2, 0.25) is 0 Å². The molecule has 0 aliphatic carbocycles. The molecule has 0 radical (unpaired) electrons. The van der Waals surface area contributed by atoms with Crippen LogP contribution in [0.15, 0.2) is 47.4 Å². The third-order valence-corrected chi connectivity index (χ3v) is 3.87. The number of nitrogens with zero attached hydrogens (tertiary/aromatic N) is 2. The van der Waals surface area contributed by atoms with E-state index < -0.39 is 5.97 Å². The van der Waals surface area contributed by atoms with Crippen molar-refractivity contribution < 1.29 is 9.90 Å². The van der Waals surface area contributed by atoms with E-state index in [2.05, 4.69) is 16.1 Å². The first-order valence-corrected chi connectivity index (χ1v) is 7.51. The van der Waals surface area contributed by atoms with Crippen LogP contribution in [0.1, 0.15) is 32.7 Å². The first-order chi connectivity index (χ1) is 11.4. The molecule has 6 nitrogen and oxygen atoms in total. The Kier molecular flexibility index (Phi) is 4.04. The summed E-state index contributed by atoms with van der Waals surface area (Å²) in [5.41, 5.74) is 4.03. The number of aromatic amines is 1. The molecule has 0 saturated carbocycles. The van der Waals surface area contributed by atoms with Crippen molar-refractivity contribution in [3.63, 3.8) is 0 Å². The van der Waals surface area contributed by atoms with Gasteiger partial charge in [0.05, 0.1) is 5.56 Å². The Morgan fingerprint density at radius 3 is 2.71 bits per heavy atom. The maximum Gasteiger partial charge on any atom is 0.335 e. The molecular weight excluding hydrogens is 306 g/mol. The average molecular weight is 323 g/mol. The molecule has 3 rings (SSSR count). The van der Waals surface area contributed by atoms with Gasteiger partial charge in [0.15, 0.2) is 5.82 Å². The maximum atomic E-state index is 12.2. The number of pyridine rings is 1. The van der Waals surface area contributed by atoms with Crippen LogP contribution in [0.2, 0.25) is 0 Å². The minimum atomic E-state index is -1.06. The van der Waals surface area contributed by atoms with E-state index in [1.165, 1.54) is 34.6 Å². The predicted molar refractivity (Wildman–Crippen MR) is 89.9 cm³/mol. The fourth-order valence-electron chi connectivity index (χ4n) is 2.63. The van der Waals surface area contributed by atoms with Crippen molar-refractivity contribution in [2.24, 2.45) is 0 Å². The zero-order valence-corrected chi connectivity index (χ0v) is 13.4. The monoisotopic (exact) mass is 323 g/mol. The third-order valence-electron chi connectivity index (χ3n) is 3.87. The number of aromatic nitrogens is 3. The van der Waals surface area contributed by atoms with Crippen LogP contribution in [0.5, 0.6) is 0 Å². The highest BCUT2D eigenvalue weighted by molar-refractivity contribution is 5.87. The molecule has 0 spiro atoms. The lowest BCUT2D eigenvalue weighted by Crippen LogP contribution is -2.15. The molecule has 0 amide bonds. The zero-order chi connectivity index (χ0) is 17.3. The van der Waals surface area contributed by atoms with Crippen LogP contribution >= 0.6 is 0 Å². The lowest BCUT2D eigenvalue weighted by Gasteiger charge is -2.06. The molecule has 2 N–H and O–H groups in total. The van der Waals surface area contributed by atoms with Crippen LogP contribution in [0.4, 0.5) is 0 Å². The quantitative estimate of drug-likeness (QED) is 0.772. The van der Waals surface area contributed by atoms with E-state index in [0.29, 0.717) is 6.42 Å². The number of carbonyl (C=O) groups is 1. The molecule has 122 valence electrons. The van der Waals surface area contributed by atoms with Gasteiger partial charge >= 0.3 is 5.97 Å². The number of benzene rings is 1. The molecule has 3 aromatic rings. The van der Waals surface area contributed by atoms with Crippen molar-refractivity contribution in [3.05, 3.63) is 80.9 Å². The summed E-state index contributed by atoms with van der Waals surface area (Å²) < 4.78 is 1.26. The van der Waals surface area contributed by atoms with Gasteiger partial charge in [-0.05, 0) is 37.1 Å². The Hall–Kier alpha value is -3.15. The lowest BCUT2D eigenvalue weighted by molar-refractivity contribution is 0.0696. The molecule has 0 unspecified atom stereocenters. The smallest absolute Gasteiger partial charge is 0.335 e. The number of carboxylic acids is 1. The summed E-state index contributed by atoms with van der Waals surface area (Å²) >= 11 is 0. The van der Waals surface area contributed by atoms with Crippen molar-refractivity contribution in [1.29, 1.82) is 0 Å². The molecule has 0 fully saturated rings. The first kappa shape index (κ1) is 15.7. The van der Waals surface area contributed by atoms with Gasteiger partial charge in [-0.2, -0.15) is 0 Å². The number of aromatic carboxylic acids is 1. The van der Waals surface area contributed by atoms with Crippen LogP contribution in [-0.2, 0) is 6.42 Å². The van der Waals surface area contributed by atoms with Gasteiger partial charge in [-0.25, -0.2) is 14.5 Å². The average Bonchev–Trinajstić information content (AvgIpc) is 2.91. The van der Waals surface area contributed by atoms with Crippen LogP contribution in [0, 0.1) is 13.8 Å². The zero-order valence-electron chi connectivity index (χ0n) is 13.4. The third kappa shape index (κ3) is 3.12. The van der Waals surface area contributed by atoms with E-state index in [0.717, 1.165) is 16.8 Å². The molecule has 2 aromatic heterocycles. The van der Waals surface area contributed by atoms with E-state index >= 15 is 0 Å². The normalized spacial score (nSPS) is 10.8. The Bertz CT molecular complexity index is 970. The summed E-state index contributed by atoms with van der Waals surface area (Å²) in [6.07, 6.45) is 1.96. The molecule has 2 heterocycles. The van der Waals surface area contributed by atoms with Crippen LogP contribution in [0.25, 0.3) is 5.82 Å². The number of hydrogen-bond donors (Lipinski definition) is 2. The van der Waals surface area contributed by atoms with Gasteiger partial charge in [-0.15, -0.1) is 0 Å². The summed E-state index contributed by atoms with van der Waals surface area (Å²) in [5, 5.41) is 12.1. The number of aryl methyl sites for hydroxylation is 2. The van der Waals surface area contributed by atoms with Gasteiger partial charge in [0, 0.05) is 24.4 Å². The van der Waals surface area contributed by atoms with E-state index in [-0.39, 0.29) is 16.9 Å². The highest BCUT2D eigenvalue weighted by Gasteiger charge is 2.10. The maximum absolute atomic E-state index is 12.2. The summed E-state index contributed by atoms with van der Waals surface area (Å²) in [5.74, 6) is -0.805. The van der Waals surface area contributed by atoms with E-state index in [4.69, 9.17) is 5.11 Å². The van der Waals surface area contributed by atoms with Gasteiger partial charge in [-0.3, -0.25) is 9.89 Å². The van der Waals surface area contributed by atoms with Crippen molar-refractivity contribution >= 4 is 5.97 Å². The molecule has 1 aromatic carbocycles. The molecule has 0 bridgehead atoms. The Morgan fingerprint density at radius 2 is 2.00 bits per heavy atom. The molecule has 0 aliphatic heterocycles. The second kappa shape index (κ2) is 6.16. The van der Waals surface area contributed by atoms with E-state index in [1.54, 1.807) is 0 Å². The highest BCUT2D eigenvalue weighted by atomic mass is 16.4. The van der Waals surface area contributed by atoms with Gasteiger partial charge in [0.1, 0.15) is 0 Å². The largest absolute Gasteiger partial charge is 0.478 e. The van der Waals surface area contributed by atoms with Crippen molar-refractivity contribution in [2.75, 3.05) is 0 Å². The van der Waals surface area contributed by atoms with Gasteiger partial charge in [0.25, 0.3) is 5.56 Å². The summed E-state index contributed by atoms with van der Waals surface area (Å²) in [6.45, 7) is 4.07. The fourth-order valence-corrected chi connectivity index (χ4v) is 2.63. The second-order valence-electron chi connectivity index (χ2n) is 5.77. The number of nitrogens with one attached hydrogen (secondary N) is 1. The minimum absolute atomic E-state index is 0.0810. The van der Waals surface area contributed by atoms with Crippen LogP contribution in [0.3, 0.4) is 0 Å². The minimum Gasteiger partial charge on any atom is -0.478 e. The van der Waals surface area contributed by atoms with Crippen LogP contribution in [-0.4, -0.2) is 25.8 Å². The summed E-state index contributed by atoms with van der Waals surface area (Å²) in [4.78, 5) is 27.3. The number of hydrogen-bond acceptors (Lipinski definition) is 3. The first-order valence-electron chi connectivity index (χ1n) is 7.51. The van der Waals surface area contributed by atoms with Crippen molar-refractivity contribution in [3.8, 4) is 5.82 Å². The second-order valence-corrected chi connectivity index (χ2v) is 5.77. The standard InChI is InChI=1S/C18H17N3O3/c1-11-3-4-13(12(2)7-11)8-15-10-17(22)21(20-15)16-9-14(18(23)24)5-6-19-16/h3-7,9-10,20H,8H2,1-2H3,(H,23,24). The summed E-state index contributed by atoms with van der Waals surface area (Å²) in [7, 11) is 0. The number of carboxylic acid groups (broad SMARTS) is 1. The van der Waals surface area contributed by atoms with Gasteiger partial charge < -0.3 is 5.11 Å². The van der Waals surface area contributed by atoms with E-state index in [9.17, 15) is 9.59 Å². The Morgan fingerprint density at radius 1 is 1.21 bits per heavy atom. The number of H-pyrrole nitrogens is 1. The topological polar surface area (TPSA) is 88.0 Å². The molecular formula is C18H17N3O3. The predicted octanol–water partition coefficient (Wildman–Crippen LogP) is 2.47. The molecule has 24 heavy (non-hydrogen) atoms. The number of rotatable bonds is 4. The van der Waals surface area contributed by atoms with Crippen LogP contribution < -0.4 is 5.56 Å². The summed E-state index contributed by atoms with van der Waals surface area (Å²) in [6, 6.07) is 10.4. The molecule has 0 saturated heterocycles. The molecule has 6 heteroatoms.